The molecular formula is C15H12Br2ClN5O. The smallest absolute Gasteiger partial charge is 0.223 e. The number of nitrogens with two attached hydrogens (primary N) is 1. The van der Waals surface area contributed by atoms with Gasteiger partial charge < -0.3 is 15.8 Å². The summed E-state index contributed by atoms with van der Waals surface area (Å²) in [5, 5.41) is 11.2. The molecule has 0 aliphatic heterocycles. The van der Waals surface area contributed by atoms with Crippen LogP contribution in [0.5, 0.6) is 11.5 Å². The van der Waals surface area contributed by atoms with Gasteiger partial charge in [-0.25, -0.2) is 0 Å². The number of hydrogen-bond acceptors (Lipinski definition) is 5. The molecule has 4 N–H and O–H groups in total. The number of hydrogen-bond donors (Lipinski definition) is 3. The number of rotatable bonds is 5. The predicted octanol–water partition coefficient (Wildman–Crippen LogP) is 4.97. The van der Waals surface area contributed by atoms with E-state index in [1.165, 1.54) is 0 Å². The zero-order valence-electron chi connectivity index (χ0n) is 12.2. The highest BCUT2D eigenvalue weighted by molar-refractivity contribution is 9.11. The molecule has 0 saturated heterocycles. The minimum Gasteiger partial charge on any atom is -0.456 e. The Morgan fingerprint density at radius 1 is 1.17 bits per heavy atom. The summed E-state index contributed by atoms with van der Waals surface area (Å²) in [5.41, 5.74) is 6.30. The van der Waals surface area contributed by atoms with Crippen molar-refractivity contribution in [1.82, 2.24) is 15.2 Å². The third-order valence-electron chi connectivity index (χ3n) is 3.13. The van der Waals surface area contributed by atoms with Gasteiger partial charge in [-0.1, -0.05) is 33.6 Å². The number of anilines is 2. The van der Waals surface area contributed by atoms with Crippen molar-refractivity contribution in [2.75, 3.05) is 11.1 Å². The zero-order chi connectivity index (χ0) is 17.1. The first-order valence-corrected chi connectivity index (χ1v) is 8.81. The molecule has 0 spiro atoms. The van der Waals surface area contributed by atoms with Crippen molar-refractivity contribution in [2.45, 2.75) is 6.54 Å². The lowest BCUT2D eigenvalue weighted by molar-refractivity contribution is 0.474. The molecule has 124 valence electrons. The maximum atomic E-state index is 6.32. The Morgan fingerprint density at radius 3 is 2.71 bits per heavy atom. The number of H-pyrrole nitrogens is 1. The van der Waals surface area contributed by atoms with E-state index >= 15 is 0 Å². The standard InChI is InChI=1S/C15H12Br2ClN5O/c16-8-4-5-13(10(17)6-8)24-12-3-1-2-11(18)9(12)7-20-15-21-14(19)22-23-15/h1-6H,7H2,(H4,19,20,21,22,23). The topological polar surface area (TPSA) is 88.8 Å². The number of nitrogens with zero attached hydrogens (tertiary/aromatic N) is 2. The Balaban J connectivity index is 1.84. The van der Waals surface area contributed by atoms with Crippen LogP contribution in [-0.2, 0) is 6.54 Å². The maximum absolute atomic E-state index is 6.32. The van der Waals surface area contributed by atoms with Crippen molar-refractivity contribution in [3.63, 3.8) is 0 Å². The largest absolute Gasteiger partial charge is 0.456 e. The van der Waals surface area contributed by atoms with Crippen LogP contribution in [-0.4, -0.2) is 15.2 Å². The number of ether oxygens (including phenoxy) is 1. The van der Waals surface area contributed by atoms with E-state index < -0.39 is 0 Å². The van der Waals surface area contributed by atoms with Gasteiger partial charge in [-0.05, 0) is 46.3 Å². The van der Waals surface area contributed by atoms with Gasteiger partial charge in [-0.2, -0.15) is 0 Å². The Morgan fingerprint density at radius 2 is 2.00 bits per heavy atom. The van der Waals surface area contributed by atoms with E-state index in [1.807, 2.05) is 30.3 Å². The molecular weight excluding hydrogens is 461 g/mol. The van der Waals surface area contributed by atoms with Crippen molar-refractivity contribution >= 4 is 55.4 Å². The Kier molecular flexibility index (Phi) is 5.27. The van der Waals surface area contributed by atoms with E-state index in [2.05, 4.69) is 52.4 Å². The number of nitrogens with one attached hydrogen (secondary N) is 2. The van der Waals surface area contributed by atoms with Crippen molar-refractivity contribution in [3.05, 3.63) is 55.9 Å². The van der Waals surface area contributed by atoms with Crippen LogP contribution in [0.4, 0.5) is 11.9 Å². The SMILES string of the molecule is Nc1nnc(NCc2c(Cl)cccc2Oc2ccc(Br)cc2Br)[nH]1. The van der Waals surface area contributed by atoms with E-state index in [-0.39, 0.29) is 5.95 Å². The van der Waals surface area contributed by atoms with Crippen molar-refractivity contribution in [2.24, 2.45) is 0 Å². The maximum Gasteiger partial charge on any atom is 0.223 e. The van der Waals surface area contributed by atoms with Crippen LogP contribution >= 0.6 is 43.5 Å². The van der Waals surface area contributed by atoms with Gasteiger partial charge in [-0.3, -0.25) is 4.98 Å². The second-order valence-corrected chi connectivity index (χ2v) is 6.98. The van der Waals surface area contributed by atoms with Crippen LogP contribution in [0.25, 0.3) is 0 Å². The van der Waals surface area contributed by atoms with Crippen molar-refractivity contribution < 1.29 is 4.74 Å². The molecule has 3 rings (SSSR count). The predicted molar refractivity (Wildman–Crippen MR) is 101 cm³/mol. The molecule has 0 aliphatic carbocycles. The molecule has 1 heterocycles. The summed E-state index contributed by atoms with van der Waals surface area (Å²) in [4.78, 5) is 2.80. The van der Waals surface area contributed by atoms with E-state index in [4.69, 9.17) is 22.1 Å². The minimum absolute atomic E-state index is 0.243. The van der Waals surface area contributed by atoms with Crippen LogP contribution < -0.4 is 15.8 Å². The molecule has 0 amide bonds. The number of nitrogen functional groups attached to an aromatic ring is 1. The average molecular weight is 474 g/mol. The molecule has 0 atom stereocenters. The van der Waals surface area contributed by atoms with Crippen molar-refractivity contribution in [1.29, 1.82) is 0 Å². The van der Waals surface area contributed by atoms with Gasteiger partial charge in [0.1, 0.15) is 11.5 Å². The van der Waals surface area contributed by atoms with Gasteiger partial charge in [0.25, 0.3) is 0 Å². The summed E-state index contributed by atoms with van der Waals surface area (Å²) in [6.45, 7) is 0.401. The molecule has 0 unspecified atom stereocenters. The van der Waals surface area contributed by atoms with Gasteiger partial charge in [0.15, 0.2) is 0 Å². The fraction of sp³-hybridized carbons (Fsp3) is 0.0667. The normalized spacial score (nSPS) is 10.6. The quantitative estimate of drug-likeness (QED) is 0.487. The van der Waals surface area contributed by atoms with Crippen LogP contribution in [0, 0.1) is 0 Å². The van der Waals surface area contributed by atoms with Crippen molar-refractivity contribution in [3.8, 4) is 11.5 Å². The molecule has 1 aromatic heterocycles. The second-order valence-electron chi connectivity index (χ2n) is 4.81. The molecule has 0 fully saturated rings. The van der Waals surface area contributed by atoms with E-state index in [1.54, 1.807) is 6.07 Å². The first-order valence-electron chi connectivity index (χ1n) is 6.85. The molecule has 2 aromatic carbocycles. The summed E-state index contributed by atoms with van der Waals surface area (Å²) in [7, 11) is 0. The lowest BCUT2D eigenvalue weighted by Gasteiger charge is -2.14. The molecule has 24 heavy (non-hydrogen) atoms. The fourth-order valence-electron chi connectivity index (χ4n) is 2.01. The highest BCUT2D eigenvalue weighted by atomic mass is 79.9. The highest BCUT2D eigenvalue weighted by Gasteiger charge is 2.12. The van der Waals surface area contributed by atoms with Gasteiger partial charge in [0.2, 0.25) is 11.9 Å². The number of benzene rings is 2. The molecule has 3 aromatic rings. The average Bonchev–Trinajstić information content (AvgIpc) is 2.95. The molecule has 9 heteroatoms. The van der Waals surface area contributed by atoms with Crippen LogP contribution in [0.1, 0.15) is 5.56 Å². The Labute approximate surface area is 160 Å². The first kappa shape index (κ1) is 17.1. The third kappa shape index (κ3) is 4.00. The highest BCUT2D eigenvalue weighted by Crippen LogP contribution is 2.35. The number of halogens is 3. The van der Waals surface area contributed by atoms with Gasteiger partial charge in [0, 0.05) is 21.6 Å². The molecule has 0 radical (unpaired) electrons. The fourth-order valence-corrected chi connectivity index (χ4v) is 3.37. The van der Waals surface area contributed by atoms with Crippen LogP contribution in [0.15, 0.2) is 45.3 Å². The molecule has 6 nitrogen and oxygen atoms in total. The third-order valence-corrected chi connectivity index (χ3v) is 4.59. The minimum atomic E-state index is 0.243. The van der Waals surface area contributed by atoms with Crippen LogP contribution in [0.2, 0.25) is 5.02 Å². The summed E-state index contributed by atoms with van der Waals surface area (Å²) in [6.07, 6.45) is 0. The van der Waals surface area contributed by atoms with E-state index in [9.17, 15) is 0 Å². The number of aromatic nitrogens is 3. The van der Waals surface area contributed by atoms with E-state index in [0.29, 0.717) is 29.0 Å². The lowest BCUT2D eigenvalue weighted by atomic mass is 10.2. The second kappa shape index (κ2) is 7.42. The zero-order valence-corrected chi connectivity index (χ0v) is 16.1. The van der Waals surface area contributed by atoms with E-state index in [0.717, 1.165) is 14.5 Å². The van der Waals surface area contributed by atoms with Crippen LogP contribution in [0.3, 0.4) is 0 Å². The summed E-state index contributed by atoms with van der Waals surface area (Å²) in [5.74, 6) is 2.03. The first-order chi connectivity index (χ1) is 11.5. The molecule has 0 bridgehead atoms. The van der Waals surface area contributed by atoms with Gasteiger partial charge in [-0.15, -0.1) is 10.2 Å². The summed E-state index contributed by atoms with van der Waals surface area (Å²) >= 11 is 13.2. The molecule has 0 saturated carbocycles. The van der Waals surface area contributed by atoms with Gasteiger partial charge in [0.05, 0.1) is 4.47 Å². The van der Waals surface area contributed by atoms with Gasteiger partial charge >= 0.3 is 0 Å². The Hall–Kier alpha value is -1.77. The number of aromatic amines is 1. The summed E-state index contributed by atoms with van der Waals surface area (Å²) in [6, 6.07) is 11.2. The molecule has 0 aliphatic rings. The monoisotopic (exact) mass is 471 g/mol. The lowest BCUT2D eigenvalue weighted by Crippen LogP contribution is -2.04. The summed E-state index contributed by atoms with van der Waals surface area (Å²) < 4.78 is 7.79. The Bertz CT molecular complexity index is 871.